The third-order valence-electron chi connectivity index (χ3n) is 3.28. The lowest BCUT2D eigenvalue weighted by atomic mass is 10.0. The fourth-order valence-corrected chi connectivity index (χ4v) is 2.94. The smallest absolute Gasteiger partial charge is 0.254 e. The minimum absolute atomic E-state index is 0. The molecule has 3 nitrogen and oxygen atoms in total. The molecule has 0 radical (unpaired) electrons. The summed E-state index contributed by atoms with van der Waals surface area (Å²) in [4.78, 5) is 14.2. The van der Waals surface area contributed by atoms with Crippen LogP contribution in [0.4, 0.5) is 4.39 Å². The summed E-state index contributed by atoms with van der Waals surface area (Å²) >= 11 is 2.01. The Labute approximate surface area is 132 Å². The summed E-state index contributed by atoms with van der Waals surface area (Å²) in [5.74, 6) is -0.304. The third kappa shape index (κ3) is 4.03. The molecule has 1 amide bonds. The highest BCUT2D eigenvalue weighted by Crippen LogP contribution is 2.19. The molecule has 106 valence electrons. The van der Waals surface area contributed by atoms with Gasteiger partial charge in [-0.15, -0.1) is 12.4 Å². The van der Waals surface area contributed by atoms with Gasteiger partial charge in [0.1, 0.15) is 5.82 Å². The maximum atomic E-state index is 13.0. The Hall–Kier alpha value is -0.400. The Morgan fingerprint density at radius 3 is 2.89 bits per heavy atom. The van der Waals surface area contributed by atoms with Crippen molar-refractivity contribution in [2.75, 3.05) is 20.1 Å². The number of halogens is 3. The van der Waals surface area contributed by atoms with Gasteiger partial charge in [0.2, 0.25) is 0 Å². The van der Waals surface area contributed by atoms with Crippen LogP contribution in [0.2, 0.25) is 0 Å². The summed E-state index contributed by atoms with van der Waals surface area (Å²) in [5, 5.41) is 3.21. The van der Waals surface area contributed by atoms with Crippen molar-refractivity contribution in [3.05, 3.63) is 33.1 Å². The second-order valence-electron chi connectivity index (χ2n) is 4.50. The second kappa shape index (κ2) is 7.40. The molecule has 0 saturated carbocycles. The Bertz CT molecular complexity index is 458. The number of amides is 1. The van der Waals surface area contributed by atoms with Gasteiger partial charge in [0.15, 0.2) is 0 Å². The van der Waals surface area contributed by atoms with Gasteiger partial charge < -0.3 is 10.2 Å². The van der Waals surface area contributed by atoms with E-state index in [0.29, 0.717) is 15.2 Å². The number of carbonyl (C=O) groups excluding carboxylic acids is 1. The lowest BCUT2D eigenvalue weighted by Gasteiger charge is -2.32. The van der Waals surface area contributed by atoms with E-state index in [1.807, 2.05) is 34.5 Å². The van der Waals surface area contributed by atoms with Crippen LogP contribution in [0.3, 0.4) is 0 Å². The van der Waals surface area contributed by atoms with Crippen molar-refractivity contribution in [2.45, 2.75) is 18.9 Å². The molecule has 2 rings (SSSR count). The molecule has 1 saturated heterocycles. The Balaban J connectivity index is 0.00000180. The van der Waals surface area contributed by atoms with Crippen LogP contribution >= 0.6 is 35.0 Å². The van der Waals surface area contributed by atoms with Gasteiger partial charge in [0, 0.05) is 22.7 Å². The molecule has 1 aromatic rings. The van der Waals surface area contributed by atoms with Gasteiger partial charge in [0.05, 0.1) is 5.56 Å². The Kier molecular flexibility index (Phi) is 6.49. The Morgan fingerprint density at radius 1 is 1.53 bits per heavy atom. The normalized spacial score (nSPS) is 18.9. The summed E-state index contributed by atoms with van der Waals surface area (Å²) in [5.41, 5.74) is 0.591. The fourth-order valence-electron chi connectivity index (χ4n) is 2.23. The highest BCUT2D eigenvalue weighted by molar-refractivity contribution is 14.1. The molecule has 0 aromatic heterocycles. The zero-order chi connectivity index (χ0) is 13.1. The van der Waals surface area contributed by atoms with Crippen LogP contribution in [0.15, 0.2) is 18.2 Å². The number of rotatable bonds is 2. The van der Waals surface area contributed by atoms with E-state index in [1.165, 1.54) is 12.1 Å². The first-order valence-electron chi connectivity index (χ1n) is 6.03. The molecule has 1 aromatic carbocycles. The summed E-state index contributed by atoms with van der Waals surface area (Å²) in [6.45, 7) is 1.51. The van der Waals surface area contributed by atoms with Crippen LogP contribution in [-0.2, 0) is 0 Å². The van der Waals surface area contributed by atoms with Gasteiger partial charge in [-0.05, 0) is 60.7 Å². The van der Waals surface area contributed by atoms with E-state index < -0.39 is 0 Å². The lowest BCUT2D eigenvalue weighted by Crippen LogP contribution is -2.47. The van der Waals surface area contributed by atoms with Crippen molar-refractivity contribution in [2.24, 2.45) is 0 Å². The minimum atomic E-state index is -0.303. The van der Waals surface area contributed by atoms with Crippen LogP contribution in [0.5, 0.6) is 0 Å². The van der Waals surface area contributed by atoms with Crippen LogP contribution in [0.25, 0.3) is 0 Å². The lowest BCUT2D eigenvalue weighted by molar-refractivity contribution is 0.0697. The summed E-state index contributed by atoms with van der Waals surface area (Å²) in [6.07, 6.45) is 2.11. The zero-order valence-corrected chi connectivity index (χ0v) is 13.6. The van der Waals surface area contributed by atoms with Crippen molar-refractivity contribution >= 4 is 40.9 Å². The van der Waals surface area contributed by atoms with Gasteiger partial charge in [-0.3, -0.25) is 4.79 Å². The highest BCUT2D eigenvalue weighted by Gasteiger charge is 2.24. The first-order chi connectivity index (χ1) is 8.61. The number of hydrogen-bond acceptors (Lipinski definition) is 2. The molecule has 1 unspecified atom stereocenters. The molecule has 6 heteroatoms. The standard InChI is InChI=1S/C13H16FIN2O.ClH/c1-16-10-3-2-6-17(8-10)13(18)11-5-4-9(14)7-12(11)15;/h4-5,7,10,16H,2-3,6,8H2,1H3;1H. The largest absolute Gasteiger partial charge is 0.337 e. The number of hydrogen-bond donors (Lipinski definition) is 1. The van der Waals surface area contributed by atoms with Crippen molar-refractivity contribution < 1.29 is 9.18 Å². The van der Waals surface area contributed by atoms with E-state index in [9.17, 15) is 9.18 Å². The van der Waals surface area contributed by atoms with E-state index in [2.05, 4.69) is 5.32 Å². The van der Waals surface area contributed by atoms with Crippen LogP contribution < -0.4 is 5.32 Å². The number of benzene rings is 1. The van der Waals surface area contributed by atoms with Crippen LogP contribution in [0, 0.1) is 9.39 Å². The summed E-state index contributed by atoms with van der Waals surface area (Å²) < 4.78 is 13.7. The quantitative estimate of drug-likeness (QED) is 0.777. The van der Waals surface area contributed by atoms with E-state index in [4.69, 9.17) is 0 Å². The minimum Gasteiger partial charge on any atom is -0.337 e. The monoisotopic (exact) mass is 398 g/mol. The van der Waals surface area contributed by atoms with E-state index in [0.717, 1.165) is 25.9 Å². The molecule has 0 aliphatic carbocycles. The SMILES string of the molecule is CNC1CCCN(C(=O)c2ccc(F)cc2I)C1.Cl. The molecule has 1 fully saturated rings. The molecule has 0 bridgehead atoms. The van der Waals surface area contributed by atoms with Gasteiger partial charge in [0.25, 0.3) is 5.91 Å². The first-order valence-corrected chi connectivity index (χ1v) is 7.11. The third-order valence-corrected chi connectivity index (χ3v) is 4.17. The first kappa shape index (κ1) is 16.7. The van der Waals surface area contributed by atoms with E-state index >= 15 is 0 Å². The van der Waals surface area contributed by atoms with E-state index in [-0.39, 0.29) is 24.1 Å². The molecule has 1 atom stereocenters. The van der Waals surface area contributed by atoms with Crippen molar-refractivity contribution in [1.82, 2.24) is 10.2 Å². The van der Waals surface area contributed by atoms with Crippen molar-refractivity contribution in [3.63, 3.8) is 0 Å². The average molecular weight is 399 g/mol. The average Bonchev–Trinajstić information content (AvgIpc) is 2.38. The van der Waals surface area contributed by atoms with Gasteiger partial charge in [-0.1, -0.05) is 0 Å². The van der Waals surface area contributed by atoms with Gasteiger partial charge in [-0.2, -0.15) is 0 Å². The van der Waals surface area contributed by atoms with E-state index in [1.54, 1.807) is 6.07 Å². The molecule has 1 aliphatic rings. The van der Waals surface area contributed by atoms with Gasteiger partial charge >= 0.3 is 0 Å². The molecule has 1 heterocycles. The number of likely N-dealkylation sites (tertiary alicyclic amines) is 1. The maximum absolute atomic E-state index is 13.0. The maximum Gasteiger partial charge on any atom is 0.254 e. The van der Waals surface area contributed by atoms with Crippen LogP contribution in [0.1, 0.15) is 23.2 Å². The zero-order valence-electron chi connectivity index (χ0n) is 10.7. The molecule has 19 heavy (non-hydrogen) atoms. The number of piperidine rings is 1. The number of nitrogens with one attached hydrogen (secondary N) is 1. The number of carbonyl (C=O) groups is 1. The molecule has 1 N–H and O–H groups in total. The second-order valence-corrected chi connectivity index (χ2v) is 5.67. The summed E-state index contributed by atoms with van der Waals surface area (Å²) in [7, 11) is 1.92. The molecular formula is C13H17ClFIN2O. The summed E-state index contributed by atoms with van der Waals surface area (Å²) in [6, 6.07) is 4.67. The predicted octanol–water partition coefficient (Wildman–Crippen LogP) is 2.68. The Morgan fingerprint density at radius 2 is 2.26 bits per heavy atom. The highest BCUT2D eigenvalue weighted by atomic mass is 127. The fraction of sp³-hybridized carbons (Fsp3) is 0.462. The topological polar surface area (TPSA) is 32.3 Å². The van der Waals surface area contributed by atoms with Crippen molar-refractivity contribution in [3.8, 4) is 0 Å². The number of likely N-dealkylation sites (N-methyl/N-ethyl adjacent to an activating group) is 1. The predicted molar refractivity (Wildman–Crippen MR) is 84.4 cm³/mol. The van der Waals surface area contributed by atoms with Crippen LogP contribution in [-0.4, -0.2) is 37.0 Å². The van der Waals surface area contributed by atoms with Gasteiger partial charge in [-0.25, -0.2) is 4.39 Å². The van der Waals surface area contributed by atoms with Crippen molar-refractivity contribution in [1.29, 1.82) is 0 Å². The molecular weight excluding hydrogens is 382 g/mol. The molecule has 0 spiro atoms. The molecule has 1 aliphatic heterocycles. The number of nitrogens with zero attached hydrogens (tertiary/aromatic N) is 1.